The molecule has 0 aliphatic carbocycles. The summed E-state index contributed by atoms with van der Waals surface area (Å²) in [5, 5.41) is 4.59. The number of nitrogens with zero attached hydrogens (tertiary/aromatic N) is 2. The van der Waals surface area contributed by atoms with Gasteiger partial charge in [-0.25, -0.2) is 0 Å². The van der Waals surface area contributed by atoms with Gasteiger partial charge in [0.1, 0.15) is 5.58 Å². The van der Waals surface area contributed by atoms with E-state index in [-0.39, 0.29) is 0 Å². The Hall–Kier alpha value is -5.93. The van der Waals surface area contributed by atoms with E-state index in [1.165, 1.54) is 27.5 Å². The standard InChI is InChI=1S/C42H28N2O/c1-2-10-28(11-3-1)30-18-21-33(22-19-30)44(34-23-20-29-12-4-5-13-31(29)26-34)41-37(39-27-32-14-6-8-16-38(32)43-39)25-24-36-35-15-7-9-17-40(35)45-42(36)41/h1-26H,27H2. The van der Waals surface area contributed by atoms with Gasteiger partial charge in [0, 0.05) is 34.1 Å². The summed E-state index contributed by atoms with van der Waals surface area (Å²) in [7, 11) is 0. The van der Waals surface area contributed by atoms with Crippen molar-refractivity contribution >= 4 is 61.2 Å². The zero-order chi connectivity index (χ0) is 29.7. The van der Waals surface area contributed by atoms with E-state index in [4.69, 9.17) is 9.41 Å². The molecule has 3 heteroatoms. The van der Waals surface area contributed by atoms with Gasteiger partial charge in [0.15, 0.2) is 5.58 Å². The predicted molar refractivity (Wildman–Crippen MR) is 188 cm³/mol. The van der Waals surface area contributed by atoms with Gasteiger partial charge in [-0.2, -0.15) is 0 Å². The molecule has 0 spiro atoms. The molecular formula is C42H28N2O. The molecule has 3 nitrogen and oxygen atoms in total. The van der Waals surface area contributed by atoms with E-state index in [1.54, 1.807) is 0 Å². The lowest BCUT2D eigenvalue weighted by atomic mass is 9.98. The maximum atomic E-state index is 6.77. The van der Waals surface area contributed by atoms with E-state index in [0.29, 0.717) is 0 Å². The average Bonchev–Trinajstić information content (AvgIpc) is 3.71. The zero-order valence-corrected chi connectivity index (χ0v) is 24.5. The molecular weight excluding hydrogens is 548 g/mol. The molecule has 45 heavy (non-hydrogen) atoms. The third-order valence-corrected chi connectivity index (χ3v) is 8.88. The van der Waals surface area contributed by atoms with Crippen LogP contribution in [0.1, 0.15) is 11.1 Å². The molecule has 1 aromatic heterocycles. The van der Waals surface area contributed by atoms with Crippen LogP contribution in [0.25, 0.3) is 43.8 Å². The third kappa shape index (κ3) is 4.32. The minimum absolute atomic E-state index is 0.771. The molecule has 0 atom stereocenters. The quantitative estimate of drug-likeness (QED) is 0.204. The number of aliphatic imine (C=N–C) groups is 1. The van der Waals surface area contributed by atoms with Gasteiger partial charge in [-0.3, -0.25) is 4.99 Å². The Balaban J connectivity index is 1.33. The van der Waals surface area contributed by atoms with E-state index < -0.39 is 0 Å². The molecule has 9 rings (SSSR count). The highest BCUT2D eigenvalue weighted by Crippen LogP contribution is 2.46. The zero-order valence-electron chi connectivity index (χ0n) is 24.5. The van der Waals surface area contributed by atoms with Gasteiger partial charge in [-0.15, -0.1) is 0 Å². The normalized spacial score (nSPS) is 12.5. The second-order valence-corrected chi connectivity index (χ2v) is 11.6. The first-order chi connectivity index (χ1) is 22.3. The molecule has 7 aromatic carbocycles. The van der Waals surface area contributed by atoms with Crippen molar-refractivity contribution in [3.05, 3.63) is 169 Å². The van der Waals surface area contributed by atoms with Crippen LogP contribution in [0.3, 0.4) is 0 Å². The Morgan fingerprint density at radius 1 is 0.533 bits per heavy atom. The SMILES string of the molecule is c1ccc(-c2ccc(N(c3ccc4ccccc4c3)c3c(C4=Nc5ccccc5C4)ccc4c3oc3ccccc34)cc2)cc1. The fraction of sp³-hybridized carbons (Fsp3) is 0.0238. The molecule has 0 saturated carbocycles. The predicted octanol–water partition coefficient (Wildman–Crippen LogP) is 11.6. The number of hydrogen-bond acceptors (Lipinski definition) is 3. The van der Waals surface area contributed by atoms with Gasteiger partial charge in [0.05, 0.1) is 17.1 Å². The van der Waals surface area contributed by atoms with Crippen molar-refractivity contribution in [3.8, 4) is 11.1 Å². The molecule has 0 radical (unpaired) electrons. The van der Waals surface area contributed by atoms with Crippen LogP contribution in [0.4, 0.5) is 22.7 Å². The second kappa shape index (κ2) is 10.4. The average molecular weight is 577 g/mol. The summed E-state index contributed by atoms with van der Waals surface area (Å²) in [4.78, 5) is 7.52. The lowest BCUT2D eigenvalue weighted by Gasteiger charge is -2.28. The summed E-state index contributed by atoms with van der Waals surface area (Å²) in [6.45, 7) is 0. The molecule has 2 heterocycles. The van der Waals surface area contributed by atoms with Crippen LogP contribution < -0.4 is 4.90 Å². The van der Waals surface area contributed by atoms with Crippen LogP contribution >= 0.6 is 0 Å². The van der Waals surface area contributed by atoms with Crippen molar-refractivity contribution in [2.75, 3.05) is 4.90 Å². The highest BCUT2D eigenvalue weighted by molar-refractivity contribution is 6.19. The summed E-state index contributed by atoms with van der Waals surface area (Å²) >= 11 is 0. The summed E-state index contributed by atoms with van der Waals surface area (Å²) in [5.41, 5.74) is 11.6. The third-order valence-electron chi connectivity index (χ3n) is 8.88. The first kappa shape index (κ1) is 25.6. The molecule has 8 aromatic rings. The number of anilines is 3. The minimum Gasteiger partial charge on any atom is -0.454 e. The van der Waals surface area contributed by atoms with Gasteiger partial charge in [-0.1, -0.05) is 115 Å². The number of fused-ring (bicyclic) bond motifs is 5. The van der Waals surface area contributed by atoms with Gasteiger partial charge < -0.3 is 9.32 Å². The van der Waals surface area contributed by atoms with E-state index >= 15 is 0 Å². The first-order valence-corrected chi connectivity index (χ1v) is 15.3. The fourth-order valence-electron chi connectivity index (χ4n) is 6.68. The van der Waals surface area contributed by atoms with Crippen molar-refractivity contribution in [2.24, 2.45) is 4.99 Å². The largest absolute Gasteiger partial charge is 0.454 e. The highest BCUT2D eigenvalue weighted by Gasteiger charge is 2.27. The summed E-state index contributed by atoms with van der Waals surface area (Å²) in [5.74, 6) is 0. The Labute approximate surface area is 261 Å². The smallest absolute Gasteiger partial charge is 0.160 e. The van der Waals surface area contributed by atoms with Crippen molar-refractivity contribution in [3.63, 3.8) is 0 Å². The number of para-hydroxylation sites is 2. The Bertz CT molecular complexity index is 2400. The maximum absolute atomic E-state index is 6.77. The highest BCUT2D eigenvalue weighted by atomic mass is 16.3. The van der Waals surface area contributed by atoms with Gasteiger partial charge in [0.2, 0.25) is 0 Å². The van der Waals surface area contributed by atoms with Gasteiger partial charge >= 0.3 is 0 Å². The molecule has 1 aliphatic rings. The monoisotopic (exact) mass is 576 g/mol. The topological polar surface area (TPSA) is 28.7 Å². The Kier molecular flexibility index (Phi) is 5.88. The van der Waals surface area contributed by atoms with Crippen LogP contribution in [0.2, 0.25) is 0 Å². The number of hydrogen-bond donors (Lipinski definition) is 0. The van der Waals surface area contributed by atoms with Gasteiger partial charge in [-0.05, 0) is 69.9 Å². The Morgan fingerprint density at radius 3 is 2.11 bits per heavy atom. The number of rotatable bonds is 5. The maximum Gasteiger partial charge on any atom is 0.160 e. The molecule has 0 bridgehead atoms. The fourth-order valence-corrected chi connectivity index (χ4v) is 6.68. The van der Waals surface area contributed by atoms with Crippen molar-refractivity contribution in [2.45, 2.75) is 6.42 Å². The van der Waals surface area contributed by atoms with Crippen molar-refractivity contribution in [1.29, 1.82) is 0 Å². The van der Waals surface area contributed by atoms with Crippen LogP contribution in [0.5, 0.6) is 0 Å². The van der Waals surface area contributed by atoms with Crippen LogP contribution in [0.15, 0.2) is 167 Å². The summed E-state index contributed by atoms with van der Waals surface area (Å²) < 4.78 is 6.77. The number of benzene rings is 7. The van der Waals surface area contributed by atoms with E-state index in [0.717, 1.165) is 62.4 Å². The molecule has 0 fully saturated rings. The van der Waals surface area contributed by atoms with Crippen molar-refractivity contribution in [1.82, 2.24) is 0 Å². The molecule has 0 N–H and O–H groups in total. The number of furan rings is 1. The molecule has 0 amide bonds. The van der Waals surface area contributed by atoms with Crippen LogP contribution in [-0.2, 0) is 6.42 Å². The van der Waals surface area contributed by atoms with Crippen LogP contribution in [-0.4, -0.2) is 5.71 Å². The minimum atomic E-state index is 0.771. The van der Waals surface area contributed by atoms with Crippen LogP contribution in [0, 0.1) is 0 Å². The molecule has 1 aliphatic heterocycles. The lowest BCUT2D eigenvalue weighted by Crippen LogP contribution is -2.15. The van der Waals surface area contributed by atoms with Crippen molar-refractivity contribution < 1.29 is 4.42 Å². The second-order valence-electron chi connectivity index (χ2n) is 11.6. The van der Waals surface area contributed by atoms with Gasteiger partial charge in [0.25, 0.3) is 0 Å². The molecule has 0 saturated heterocycles. The van der Waals surface area contributed by atoms with E-state index in [1.807, 2.05) is 6.07 Å². The molecule has 0 unspecified atom stereocenters. The molecule has 212 valence electrons. The lowest BCUT2D eigenvalue weighted by molar-refractivity contribution is 0.669. The summed E-state index contributed by atoms with van der Waals surface area (Å²) in [6.07, 6.45) is 0.771. The van der Waals surface area contributed by atoms with E-state index in [2.05, 4.69) is 157 Å². The first-order valence-electron chi connectivity index (χ1n) is 15.3. The summed E-state index contributed by atoms with van der Waals surface area (Å²) in [6, 6.07) is 55.8. The Morgan fingerprint density at radius 2 is 1.24 bits per heavy atom. The van der Waals surface area contributed by atoms with E-state index in [9.17, 15) is 0 Å².